The molecule has 15 heavy (non-hydrogen) atoms. The molecule has 0 saturated heterocycles. The van der Waals surface area contributed by atoms with Crippen LogP contribution in [0.1, 0.15) is 36.0 Å². The molecule has 2 atom stereocenters. The minimum atomic E-state index is -0.686. The summed E-state index contributed by atoms with van der Waals surface area (Å²) in [5.74, 6) is -0.750. The SMILES string of the molecule is Cc1ccc2c(c1)C(C(C)C(=O)O)CC2. The Bertz CT molecular complexity index is 396. The van der Waals surface area contributed by atoms with E-state index in [2.05, 4.69) is 25.1 Å². The average molecular weight is 204 g/mol. The summed E-state index contributed by atoms with van der Waals surface area (Å²) in [6.07, 6.45) is 2.00. The van der Waals surface area contributed by atoms with Crippen molar-refractivity contribution in [3.8, 4) is 0 Å². The van der Waals surface area contributed by atoms with Gasteiger partial charge in [-0.25, -0.2) is 0 Å². The standard InChI is InChI=1S/C13H16O2/c1-8-3-4-10-5-6-11(12(10)7-8)9(2)13(14)15/h3-4,7,9,11H,5-6H2,1-2H3,(H,14,15). The monoisotopic (exact) mass is 204 g/mol. The number of carboxylic acids is 1. The van der Waals surface area contributed by atoms with Crippen molar-refractivity contribution in [1.29, 1.82) is 0 Å². The van der Waals surface area contributed by atoms with Crippen molar-refractivity contribution < 1.29 is 9.90 Å². The molecule has 0 spiro atoms. The third kappa shape index (κ3) is 1.76. The van der Waals surface area contributed by atoms with Crippen LogP contribution in [0.3, 0.4) is 0 Å². The smallest absolute Gasteiger partial charge is 0.306 e. The van der Waals surface area contributed by atoms with E-state index in [0.29, 0.717) is 0 Å². The van der Waals surface area contributed by atoms with Gasteiger partial charge in [0.15, 0.2) is 0 Å². The van der Waals surface area contributed by atoms with Crippen molar-refractivity contribution >= 4 is 5.97 Å². The highest BCUT2D eigenvalue weighted by atomic mass is 16.4. The zero-order valence-corrected chi connectivity index (χ0v) is 9.16. The van der Waals surface area contributed by atoms with E-state index < -0.39 is 5.97 Å². The second-order valence-corrected chi connectivity index (χ2v) is 4.47. The van der Waals surface area contributed by atoms with Crippen LogP contribution in [0.25, 0.3) is 0 Å². The van der Waals surface area contributed by atoms with Crippen LogP contribution in [-0.4, -0.2) is 11.1 Å². The van der Waals surface area contributed by atoms with Crippen molar-refractivity contribution in [3.63, 3.8) is 0 Å². The topological polar surface area (TPSA) is 37.3 Å². The van der Waals surface area contributed by atoms with Crippen molar-refractivity contribution in [1.82, 2.24) is 0 Å². The predicted octanol–water partition coefficient (Wildman–Crippen LogP) is 2.75. The van der Waals surface area contributed by atoms with Gasteiger partial charge in [-0.05, 0) is 36.8 Å². The fourth-order valence-corrected chi connectivity index (χ4v) is 2.45. The summed E-state index contributed by atoms with van der Waals surface area (Å²) in [7, 11) is 0. The molecule has 1 aromatic carbocycles. The molecule has 1 N–H and O–H groups in total. The second-order valence-electron chi connectivity index (χ2n) is 4.47. The molecule has 2 heteroatoms. The van der Waals surface area contributed by atoms with Crippen LogP contribution in [0.15, 0.2) is 18.2 Å². The summed E-state index contributed by atoms with van der Waals surface area (Å²) in [4.78, 5) is 11.0. The highest BCUT2D eigenvalue weighted by Gasteiger charge is 2.30. The maximum absolute atomic E-state index is 11.0. The molecule has 0 saturated carbocycles. The number of carboxylic acid groups (broad SMARTS) is 1. The molecular weight excluding hydrogens is 188 g/mol. The van der Waals surface area contributed by atoms with Gasteiger partial charge in [-0.3, -0.25) is 4.79 Å². The number of benzene rings is 1. The molecule has 0 aliphatic heterocycles. The lowest BCUT2D eigenvalue weighted by atomic mass is 9.88. The van der Waals surface area contributed by atoms with Gasteiger partial charge >= 0.3 is 5.97 Å². The Hall–Kier alpha value is -1.31. The summed E-state index contributed by atoms with van der Waals surface area (Å²) < 4.78 is 0. The maximum atomic E-state index is 11.0. The van der Waals surface area contributed by atoms with E-state index in [1.54, 1.807) is 0 Å². The van der Waals surface area contributed by atoms with Gasteiger partial charge in [0.2, 0.25) is 0 Å². The first-order chi connectivity index (χ1) is 7.09. The summed E-state index contributed by atoms with van der Waals surface area (Å²) in [6.45, 7) is 3.87. The molecule has 0 radical (unpaired) electrons. The highest BCUT2D eigenvalue weighted by molar-refractivity contribution is 5.71. The molecule has 0 fully saturated rings. The molecule has 0 heterocycles. The van der Waals surface area contributed by atoms with Gasteiger partial charge in [0, 0.05) is 0 Å². The summed E-state index contributed by atoms with van der Waals surface area (Å²) in [5, 5.41) is 9.04. The van der Waals surface area contributed by atoms with Gasteiger partial charge in [0.25, 0.3) is 0 Å². The first kappa shape index (κ1) is 10.2. The van der Waals surface area contributed by atoms with Gasteiger partial charge < -0.3 is 5.11 Å². The third-order valence-electron chi connectivity index (χ3n) is 3.42. The Balaban J connectivity index is 2.35. The number of hydrogen-bond acceptors (Lipinski definition) is 1. The Morgan fingerprint density at radius 3 is 2.93 bits per heavy atom. The number of aryl methyl sites for hydroxylation is 2. The van der Waals surface area contributed by atoms with Gasteiger partial charge in [0.05, 0.1) is 5.92 Å². The van der Waals surface area contributed by atoms with Crippen LogP contribution >= 0.6 is 0 Å². The van der Waals surface area contributed by atoms with Crippen LogP contribution in [0.5, 0.6) is 0 Å². The van der Waals surface area contributed by atoms with E-state index in [1.165, 1.54) is 16.7 Å². The van der Waals surface area contributed by atoms with Crippen LogP contribution in [-0.2, 0) is 11.2 Å². The molecule has 0 amide bonds. The van der Waals surface area contributed by atoms with Crippen LogP contribution in [0, 0.1) is 12.8 Å². The second kappa shape index (κ2) is 3.69. The normalized spacial score (nSPS) is 21.1. The van der Waals surface area contributed by atoms with Crippen molar-refractivity contribution in [3.05, 3.63) is 34.9 Å². The van der Waals surface area contributed by atoms with E-state index in [1.807, 2.05) is 6.92 Å². The molecule has 0 aromatic heterocycles. The Kier molecular flexibility index (Phi) is 2.51. The largest absolute Gasteiger partial charge is 0.481 e. The zero-order valence-electron chi connectivity index (χ0n) is 9.16. The van der Waals surface area contributed by atoms with Crippen molar-refractivity contribution in [2.75, 3.05) is 0 Å². The van der Waals surface area contributed by atoms with E-state index in [0.717, 1.165) is 12.8 Å². The van der Waals surface area contributed by atoms with Gasteiger partial charge in [-0.2, -0.15) is 0 Å². The fraction of sp³-hybridized carbons (Fsp3) is 0.462. The summed E-state index contributed by atoms with van der Waals surface area (Å²) in [6, 6.07) is 6.39. The summed E-state index contributed by atoms with van der Waals surface area (Å²) >= 11 is 0. The van der Waals surface area contributed by atoms with Crippen LogP contribution in [0.2, 0.25) is 0 Å². The highest BCUT2D eigenvalue weighted by Crippen LogP contribution is 2.38. The maximum Gasteiger partial charge on any atom is 0.306 e. The first-order valence-corrected chi connectivity index (χ1v) is 5.42. The van der Waals surface area contributed by atoms with E-state index in [4.69, 9.17) is 5.11 Å². The third-order valence-corrected chi connectivity index (χ3v) is 3.42. The lowest BCUT2D eigenvalue weighted by molar-refractivity contribution is -0.141. The quantitative estimate of drug-likeness (QED) is 0.804. The minimum Gasteiger partial charge on any atom is -0.481 e. The molecular formula is C13H16O2. The molecule has 0 bridgehead atoms. The Labute approximate surface area is 89.9 Å². The number of fused-ring (bicyclic) bond motifs is 1. The van der Waals surface area contributed by atoms with E-state index in [9.17, 15) is 4.79 Å². The lowest BCUT2D eigenvalue weighted by Crippen LogP contribution is -2.17. The van der Waals surface area contributed by atoms with Crippen molar-refractivity contribution in [2.24, 2.45) is 5.92 Å². The van der Waals surface area contributed by atoms with Crippen LogP contribution < -0.4 is 0 Å². The molecule has 1 aromatic rings. The number of rotatable bonds is 2. The predicted molar refractivity (Wildman–Crippen MR) is 59.0 cm³/mol. The number of carbonyl (C=O) groups is 1. The minimum absolute atomic E-state index is 0.206. The van der Waals surface area contributed by atoms with E-state index in [-0.39, 0.29) is 11.8 Å². The molecule has 2 unspecified atom stereocenters. The summed E-state index contributed by atoms with van der Waals surface area (Å²) in [5.41, 5.74) is 3.81. The molecule has 2 nitrogen and oxygen atoms in total. The number of aliphatic carboxylic acids is 1. The molecule has 1 aliphatic carbocycles. The molecule has 1 aliphatic rings. The molecule has 2 rings (SSSR count). The van der Waals surface area contributed by atoms with Crippen LogP contribution in [0.4, 0.5) is 0 Å². The van der Waals surface area contributed by atoms with E-state index >= 15 is 0 Å². The zero-order chi connectivity index (χ0) is 11.0. The lowest BCUT2D eigenvalue weighted by Gasteiger charge is -2.16. The average Bonchev–Trinajstić information content (AvgIpc) is 2.59. The Morgan fingerprint density at radius 2 is 2.27 bits per heavy atom. The van der Waals surface area contributed by atoms with Gasteiger partial charge in [-0.15, -0.1) is 0 Å². The molecule has 80 valence electrons. The number of hydrogen-bond donors (Lipinski definition) is 1. The van der Waals surface area contributed by atoms with Gasteiger partial charge in [0.1, 0.15) is 0 Å². The van der Waals surface area contributed by atoms with Gasteiger partial charge in [-0.1, -0.05) is 30.7 Å². The fourth-order valence-electron chi connectivity index (χ4n) is 2.45. The van der Waals surface area contributed by atoms with Crippen molar-refractivity contribution in [2.45, 2.75) is 32.6 Å². The first-order valence-electron chi connectivity index (χ1n) is 5.42. The Morgan fingerprint density at radius 1 is 1.53 bits per heavy atom.